The molecule has 0 amide bonds. The summed E-state index contributed by atoms with van der Waals surface area (Å²) < 4.78 is 2.84. The lowest BCUT2D eigenvalue weighted by Crippen LogP contribution is -2.30. The van der Waals surface area contributed by atoms with Crippen LogP contribution in [-0.4, -0.2) is 42.2 Å². The standard InChI is InChI=1S/C18H27N3OS/c1-20(12-10-19-15-7-8-15)11-4-3-5-14-6-9-16-17(13-14)23-18(22)21(16)2/h6,9,13,15,19H,3-5,7-8,10-12H2,1-2H3. The van der Waals surface area contributed by atoms with E-state index in [-0.39, 0.29) is 4.87 Å². The van der Waals surface area contributed by atoms with Crippen LogP contribution in [0, 0.1) is 0 Å². The molecule has 0 radical (unpaired) electrons. The van der Waals surface area contributed by atoms with Crippen LogP contribution in [0.4, 0.5) is 0 Å². The summed E-state index contributed by atoms with van der Waals surface area (Å²) in [5.74, 6) is 0. The molecular formula is C18H27N3OS. The highest BCUT2D eigenvalue weighted by Crippen LogP contribution is 2.19. The Morgan fingerprint density at radius 1 is 1.30 bits per heavy atom. The number of nitrogens with zero attached hydrogens (tertiary/aromatic N) is 2. The Morgan fingerprint density at radius 3 is 2.91 bits per heavy atom. The number of aryl methyl sites for hydroxylation is 2. The summed E-state index contributed by atoms with van der Waals surface area (Å²) in [7, 11) is 4.05. The molecule has 1 aliphatic carbocycles. The molecule has 1 aliphatic rings. The largest absolute Gasteiger partial charge is 0.313 e. The Bertz CT molecular complexity index is 702. The Labute approximate surface area is 142 Å². The normalized spacial score (nSPS) is 14.9. The zero-order valence-corrected chi connectivity index (χ0v) is 15.0. The second-order valence-electron chi connectivity index (χ2n) is 6.72. The molecule has 1 heterocycles. The number of unbranched alkanes of at least 4 members (excludes halogenated alkanes) is 1. The van der Waals surface area contributed by atoms with Crippen LogP contribution in [0.2, 0.25) is 0 Å². The van der Waals surface area contributed by atoms with E-state index in [2.05, 4.69) is 35.5 Å². The van der Waals surface area contributed by atoms with E-state index >= 15 is 0 Å². The van der Waals surface area contributed by atoms with Gasteiger partial charge >= 0.3 is 4.87 Å². The minimum Gasteiger partial charge on any atom is -0.313 e. The molecule has 0 saturated heterocycles. The van der Waals surface area contributed by atoms with E-state index in [4.69, 9.17) is 0 Å². The third-order valence-electron chi connectivity index (χ3n) is 4.62. The first-order chi connectivity index (χ1) is 11.1. The average molecular weight is 334 g/mol. The highest BCUT2D eigenvalue weighted by atomic mass is 32.1. The third kappa shape index (κ3) is 4.66. The third-order valence-corrected chi connectivity index (χ3v) is 5.61. The first-order valence-corrected chi connectivity index (χ1v) is 9.45. The molecule has 1 saturated carbocycles. The van der Waals surface area contributed by atoms with Crippen LogP contribution in [0.3, 0.4) is 0 Å². The molecule has 3 rings (SSSR count). The zero-order chi connectivity index (χ0) is 16.2. The average Bonchev–Trinajstić information content (AvgIpc) is 3.31. The van der Waals surface area contributed by atoms with E-state index in [1.807, 2.05) is 7.05 Å². The van der Waals surface area contributed by atoms with E-state index in [9.17, 15) is 4.79 Å². The number of fused-ring (bicyclic) bond motifs is 1. The number of aromatic nitrogens is 1. The van der Waals surface area contributed by atoms with Gasteiger partial charge in [0.2, 0.25) is 0 Å². The molecule has 2 aromatic rings. The van der Waals surface area contributed by atoms with Gasteiger partial charge in [0.15, 0.2) is 0 Å². The number of thiazole rings is 1. The van der Waals surface area contributed by atoms with Gasteiger partial charge in [0.1, 0.15) is 0 Å². The summed E-state index contributed by atoms with van der Waals surface area (Å²) in [5.41, 5.74) is 2.39. The Hall–Kier alpha value is -1.17. The monoisotopic (exact) mass is 333 g/mol. The number of hydrogen-bond donors (Lipinski definition) is 1. The van der Waals surface area contributed by atoms with Crippen molar-refractivity contribution < 1.29 is 0 Å². The molecular weight excluding hydrogens is 306 g/mol. The molecule has 0 aliphatic heterocycles. The molecule has 23 heavy (non-hydrogen) atoms. The predicted molar refractivity (Wildman–Crippen MR) is 98.5 cm³/mol. The van der Waals surface area contributed by atoms with E-state index in [1.165, 1.54) is 42.6 Å². The van der Waals surface area contributed by atoms with Gasteiger partial charge < -0.3 is 14.8 Å². The first kappa shape index (κ1) is 16.7. The van der Waals surface area contributed by atoms with Crippen molar-refractivity contribution in [2.45, 2.75) is 38.1 Å². The lowest BCUT2D eigenvalue weighted by atomic mass is 10.1. The highest BCUT2D eigenvalue weighted by Gasteiger charge is 2.19. The van der Waals surface area contributed by atoms with Gasteiger partial charge in [0.05, 0.1) is 10.2 Å². The van der Waals surface area contributed by atoms with Gasteiger partial charge in [-0.25, -0.2) is 0 Å². The van der Waals surface area contributed by atoms with E-state index in [1.54, 1.807) is 4.57 Å². The minimum absolute atomic E-state index is 0.124. The summed E-state index contributed by atoms with van der Waals surface area (Å²) in [6, 6.07) is 7.24. The molecule has 1 aromatic carbocycles. The molecule has 1 N–H and O–H groups in total. The van der Waals surface area contributed by atoms with Crippen molar-refractivity contribution in [1.29, 1.82) is 0 Å². The summed E-state index contributed by atoms with van der Waals surface area (Å²) in [5, 5.41) is 3.56. The van der Waals surface area contributed by atoms with Crippen LogP contribution in [0.25, 0.3) is 10.2 Å². The fraction of sp³-hybridized carbons (Fsp3) is 0.611. The van der Waals surface area contributed by atoms with Gasteiger partial charge in [-0.15, -0.1) is 0 Å². The maximum atomic E-state index is 11.7. The van der Waals surface area contributed by atoms with Crippen molar-refractivity contribution in [3.63, 3.8) is 0 Å². The molecule has 0 atom stereocenters. The van der Waals surface area contributed by atoms with Gasteiger partial charge in [0.25, 0.3) is 0 Å². The molecule has 1 fully saturated rings. The number of rotatable bonds is 9. The highest BCUT2D eigenvalue weighted by molar-refractivity contribution is 7.16. The van der Waals surface area contributed by atoms with Gasteiger partial charge in [-0.05, 0) is 63.4 Å². The maximum Gasteiger partial charge on any atom is 0.307 e. The summed E-state index contributed by atoms with van der Waals surface area (Å²) in [4.78, 5) is 14.2. The van der Waals surface area contributed by atoms with Crippen LogP contribution in [0.5, 0.6) is 0 Å². The summed E-state index contributed by atoms with van der Waals surface area (Å²) in [6.45, 7) is 3.42. The molecule has 5 heteroatoms. The summed E-state index contributed by atoms with van der Waals surface area (Å²) >= 11 is 1.35. The smallest absolute Gasteiger partial charge is 0.307 e. The topological polar surface area (TPSA) is 37.3 Å². The maximum absolute atomic E-state index is 11.7. The molecule has 0 bridgehead atoms. The van der Waals surface area contributed by atoms with Gasteiger partial charge in [-0.3, -0.25) is 4.79 Å². The molecule has 0 spiro atoms. The molecule has 4 nitrogen and oxygen atoms in total. The lowest BCUT2D eigenvalue weighted by molar-refractivity contribution is 0.323. The fourth-order valence-corrected chi connectivity index (χ4v) is 3.85. The molecule has 1 aromatic heterocycles. The van der Waals surface area contributed by atoms with Crippen molar-refractivity contribution >= 4 is 21.6 Å². The molecule has 0 unspecified atom stereocenters. The van der Waals surface area contributed by atoms with Crippen molar-refractivity contribution in [1.82, 2.24) is 14.8 Å². The quantitative estimate of drug-likeness (QED) is 0.717. The number of hydrogen-bond acceptors (Lipinski definition) is 4. The number of nitrogens with one attached hydrogen (secondary N) is 1. The van der Waals surface area contributed by atoms with Crippen LogP contribution in [0.1, 0.15) is 31.2 Å². The van der Waals surface area contributed by atoms with E-state index in [0.717, 1.165) is 42.3 Å². The van der Waals surface area contributed by atoms with Crippen molar-refractivity contribution in [3.8, 4) is 0 Å². The van der Waals surface area contributed by atoms with Crippen LogP contribution >= 0.6 is 11.3 Å². The first-order valence-electron chi connectivity index (χ1n) is 8.64. The second kappa shape index (κ2) is 7.60. The number of likely N-dealkylation sites (N-methyl/N-ethyl adjacent to an activating group) is 1. The Balaban J connectivity index is 1.38. The van der Waals surface area contributed by atoms with Crippen molar-refractivity contribution in [3.05, 3.63) is 33.4 Å². The predicted octanol–water partition coefficient (Wildman–Crippen LogP) is 2.61. The Morgan fingerprint density at radius 2 is 2.13 bits per heavy atom. The lowest BCUT2D eigenvalue weighted by Gasteiger charge is -2.16. The van der Waals surface area contributed by atoms with Crippen LogP contribution in [-0.2, 0) is 13.5 Å². The van der Waals surface area contributed by atoms with Crippen molar-refractivity contribution in [2.75, 3.05) is 26.7 Å². The fourth-order valence-electron chi connectivity index (χ4n) is 2.90. The Kier molecular flexibility index (Phi) is 5.51. The van der Waals surface area contributed by atoms with E-state index < -0.39 is 0 Å². The van der Waals surface area contributed by atoms with Crippen LogP contribution in [0.15, 0.2) is 23.0 Å². The minimum atomic E-state index is 0.124. The molecule has 126 valence electrons. The van der Waals surface area contributed by atoms with Gasteiger partial charge in [-0.2, -0.15) is 0 Å². The second-order valence-corrected chi connectivity index (χ2v) is 7.71. The number of benzene rings is 1. The SMILES string of the molecule is CN(CCCCc1ccc2c(c1)sc(=O)n2C)CCNC1CC1. The van der Waals surface area contributed by atoms with E-state index in [0.29, 0.717) is 0 Å². The van der Waals surface area contributed by atoms with Gasteiger partial charge in [-0.1, -0.05) is 17.4 Å². The summed E-state index contributed by atoms with van der Waals surface area (Å²) in [6.07, 6.45) is 6.25. The van der Waals surface area contributed by atoms with Gasteiger partial charge in [0, 0.05) is 26.2 Å². The van der Waals surface area contributed by atoms with Crippen molar-refractivity contribution in [2.24, 2.45) is 7.05 Å². The zero-order valence-electron chi connectivity index (χ0n) is 14.2. The van der Waals surface area contributed by atoms with Crippen LogP contribution < -0.4 is 10.2 Å².